The molecule has 2 unspecified atom stereocenters. The summed E-state index contributed by atoms with van der Waals surface area (Å²) in [4.78, 5) is 38.3. The van der Waals surface area contributed by atoms with E-state index in [1.54, 1.807) is 19.1 Å². The highest BCUT2D eigenvalue weighted by Crippen LogP contribution is 2.55. The van der Waals surface area contributed by atoms with Gasteiger partial charge in [-0.2, -0.15) is 0 Å². The highest BCUT2D eigenvalue weighted by Gasteiger charge is 2.54. The number of amides is 2. The number of allylic oxidation sites excluding steroid dienone is 2. The Morgan fingerprint density at radius 2 is 1.97 bits per heavy atom. The zero-order valence-corrected chi connectivity index (χ0v) is 18.4. The number of carbonyl (C=O) groups excluding carboxylic acids is 2. The molecule has 0 saturated carbocycles. The third kappa shape index (κ3) is 3.61. The fourth-order valence-corrected chi connectivity index (χ4v) is 5.28. The number of halogens is 2. The zero-order valence-electron chi connectivity index (χ0n) is 18.4. The SMILES string of the molecule is Cc1ccc2c(c1)C(F)(F)C1C=CC(C(=O)NCC(=O)N3CC4(C[C@H]3C(=O)O)OCCO4)=CC21. The van der Waals surface area contributed by atoms with Gasteiger partial charge in [-0.25, -0.2) is 13.6 Å². The van der Waals surface area contributed by atoms with Gasteiger partial charge in [0.15, 0.2) is 5.79 Å². The number of rotatable bonds is 4. The monoisotopic (exact) mass is 474 g/mol. The number of fused-ring (bicyclic) bond motifs is 3. The lowest BCUT2D eigenvalue weighted by Crippen LogP contribution is -2.46. The summed E-state index contributed by atoms with van der Waals surface area (Å²) in [6.45, 7) is 1.90. The third-order valence-corrected chi connectivity index (χ3v) is 6.95. The first-order valence-electron chi connectivity index (χ1n) is 11.1. The number of aryl methyl sites for hydroxylation is 1. The Hall–Kier alpha value is -3.11. The minimum Gasteiger partial charge on any atom is -0.480 e. The van der Waals surface area contributed by atoms with Gasteiger partial charge in [0.2, 0.25) is 5.91 Å². The van der Waals surface area contributed by atoms with Crippen molar-refractivity contribution in [2.75, 3.05) is 26.3 Å². The molecule has 8 nitrogen and oxygen atoms in total. The van der Waals surface area contributed by atoms with Crippen molar-refractivity contribution in [1.82, 2.24) is 10.2 Å². The van der Waals surface area contributed by atoms with Crippen molar-refractivity contribution in [3.63, 3.8) is 0 Å². The van der Waals surface area contributed by atoms with Gasteiger partial charge in [-0.15, -0.1) is 0 Å². The minimum atomic E-state index is -3.04. The predicted octanol–water partition coefficient (Wildman–Crippen LogP) is 1.84. The number of carboxylic acid groups (broad SMARTS) is 1. The molecule has 34 heavy (non-hydrogen) atoms. The van der Waals surface area contributed by atoms with Gasteiger partial charge in [0.05, 0.1) is 32.2 Å². The van der Waals surface area contributed by atoms with E-state index < -0.39 is 53.9 Å². The second kappa shape index (κ2) is 7.99. The van der Waals surface area contributed by atoms with Crippen LogP contribution in [-0.2, 0) is 29.8 Å². The first-order chi connectivity index (χ1) is 16.1. The lowest BCUT2D eigenvalue weighted by Gasteiger charge is -2.24. The van der Waals surface area contributed by atoms with E-state index in [1.807, 2.05) is 0 Å². The standard InChI is InChI=1S/C24H24F2N2O6/c1-13-2-4-15-16-9-14(3-5-17(16)24(25,26)18(15)8-13)21(30)27-11-20(29)28-12-23(33-6-7-34-23)10-19(28)22(31)32/h2-5,8-9,16-17,19H,6-7,10-12H2,1H3,(H,27,30)(H,31,32)/t16?,17?,19-/m0/s1. The van der Waals surface area contributed by atoms with Gasteiger partial charge in [0.1, 0.15) is 6.04 Å². The maximum absolute atomic E-state index is 14.9. The van der Waals surface area contributed by atoms with Crippen molar-refractivity contribution in [1.29, 1.82) is 0 Å². The van der Waals surface area contributed by atoms with Crippen LogP contribution >= 0.6 is 0 Å². The first-order valence-corrected chi connectivity index (χ1v) is 11.1. The molecule has 0 radical (unpaired) electrons. The Morgan fingerprint density at radius 3 is 2.68 bits per heavy atom. The number of benzene rings is 1. The molecule has 2 heterocycles. The fraction of sp³-hybridized carbons (Fsp3) is 0.458. The lowest BCUT2D eigenvalue weighted by molar-refractivity contribution is -0.152. The van der Waals surface area contributed by atoms with Gasteiger partial charge in [-0.05, 0) is 18.6 Å². The molecule has 1 aromatic carbocycles. The maximum Gasteiger partial charge on any atom is 0.326 e. The average molecular weight is 474 g/mol. The van der Waals surface area contributed by atoms with Crippen LogP contribution < -0.4 is 5.32 Å². The Bertz CT molecular complexity index is 1120. The lowest BCUT2D eigenvalue weighted by atomic mass is 9.85. The number of likely N-dealkylation sites (tertiary alicyclic amines) is 1. The molecule has 2 N–H and O–H groups in total. The summed E-state index contributed by atoms with van der Waals surface area (Å²) >= 11 is 0. The Balaban J connectivity index is 1.28. The van der Waals surface area contributed by atoms with Crippen LogP contribution in [0.5, 0.6) is 0 Å². The van der Waals surface area contributed by atoms with Crippen LogP contribution in [0, 0.1) is 12.8 Å². The van der Waals surface area contributed by atoms with E-state index in [9.17, 15) is 28.3 Å². The van der Waals surface area contributed by atoms with Gasteiger partial charge >= 0.3 is 5.97 Å². The molecule has 3 atom stereocenters. The number of ether oxygens (including phenoxy) is 2. The Morgan fingerprint density at radius 1 is 1.24 bits per heavy atom. The molecule has 5 rings (SSSR count). The second-order valence-corrected chi connectivity index (χ2v) is 9.12. The summed E-state index contributed by atoms with van der Waals surface area (Å²) in [5.41, 5.74) is 1.36. The van der Waals surface area contributed by atoms with E-state index in [1.165, 1.54) is 24.3 Å². The van der Waals surface area contributed by atoms with E-state index in [-0.39, 0.29) is 24.1 Å². The number of nitrogens with one attached hydrogen (secondary N) is 1. The van der Waals surface area contributed by atoms with Gasteiger partial charge in [0.25, 0.3) is 11.8 Å². The molecule has 2 saturated heterocycles. The molecule has 10 heteroatoms. The van der Waals surface area contributed by atoms with E-state index in [2.05, 4.69) is 5.32 Å². The molecule has 2 aliphatic carbocycles. The fourth-order valence-electron chi connectivity index (χ4n) is 5.28. The van der Waals surface area contributed by atoms with E-state index in [0.717, 1.165) is 10.5 Å². The number of hydrogen-bond donors (Lipinski definition) is 2. The minimum absolute atomic E-state index is 0.00603. The normalized spacial score (nSPS) is 27.9. The Labute approximate surface area is 194 Å². The summed E-state index contributed by atoms with van der Waals surface area (Å²) in [5.74, 6) is -8.28. The second-order valence-electron chi connectivity index (χ2n) is 9.12. The molecule has 2 amide bonds. The van der Waals surface area contributed by atoms with E-state index in [4.69, 9.17) is 9.47 Å². The van der Waals surface area contributed by atoms with E-state index in [0.29, 0.717) is 18.8 Å². The molecule has 2 fully saturated rings. The molecular formula is C24H24F2N2O6. The van der Waals surface area contributed by atoms with Crippen molar-refractivity contribution in [3.8, 4) is 0 Å². The highest BCUT2D eigenvalue weighted by molar-refractivity contribution is 5.99. The van der Waals surface area contributed by atoms with Gasteiger partial charge in [-0.3, -0.25) is 9.59 Å². The summed E-state index contributed by atoms with van der Waals surface area (Å²) in [6, 6.07) is 3.78. The van der Waals surface area contributed by atoms with Crippen LogP contribution in [0.1, 0.15) is 29.0 Å². The smallest absolute Gasteiger partial charge is 0.326 e. The summed E-state index contributed by atoms with van der Waals surface area (Å²) in [6.07, 6.45) is 4.20. The van der Waals surface area contributed by atoms with Gasteiger partial charge < -0.3 is 24.8 Å². The van der Waals surface area contributed by atoms with Crippen molar-refractivity contribution in [3.05, 3.63) is 58.7 Å². The molecule has 2 aliphatic heterocycles. The van der Waals surface area contributed by atoms with Crippen molar-refractivity contribution < 1.29 is 37.7 Å². The number of carboxylic acids is 1. The molecular weight excluding hydrogens is 450 g/mol. The van der Waals surface area contributed by atoms with Crippen molar-refractivity contribution >= 4 is 17.8 Å². The molecule has 1 spiro atoms. The number of alkyl halides is 2. The summed E-state index contributed by atoms with van der Waals surface area (Å²) < 4.78 is 40.9. The van der Waals surface area contributed by atoms with Gasteiger partial charge in [0, 0.05) is 23.5 Å². The molecule has 0 bridgehead atoms. The first kappa shape index (κ1) is 22.7. The number of carbonyl (C=O) groups is 3. The molecule has 1 aromatic rings. The number of hydrogen-bond acceptors (Lipinski definition) is 5. The summed E-state index contributed by atoms with van der Waals surface area (Å²) in [5, 5.41) is 12.0. The predicted molar refractivity (Wildman–Crippen MR) is 114 cm³/mol. The van der Waals surface area contributed by atoms with Crippen LogP contribution in [0.2, 0.25) is 0 Å². The van der Waals surface area contributed by atoms with Crippen molar-refractivity contribution in [2.45, 2.75) is 37.0 Å². The van der Waals surface area contributed by atoms with Crippen LogP contribution in [0.15, 0.2) is 42.0 Å². The maximum atomic E-state index is 14.9. The molecule has 4 aliphatic rings. The Kier molecular flexibility index (Phi) is 5.33. The topological polar surface area (TPSA) is 105 Å². The van der Waals surface area contributed by atoms with Crippen LogP contribution in [0.4, 0.5) is 8.78 Å². The highest BCUT2D eigenvalue weighted by atomic mass is 19.3. The van der Waals surface area contributed by atoms with Crippen LogP contribution in [0.25, 0.3) is 0 Å². The molecule has 0 aromatic heterocycles. The van der Waals surface area contributed by atoms with E-state index >= 15 is 0 Å². The van der Waals surface area contributed by atoms with Gasteiger partial charge in [-0.1, -0.05) is 35.9 Å². The molecule has 180 valence electrons. The van der Waals surface area contributed by atoms with Crippen molar-refractivity contribution in [2.24, 2.45) is 5.92 Å². The quantitative estimate of drug-likeness (QED) is 0.690. The zero-order chi connectivity index (χ0) is 24.3. The third-order valence-electron chi connectivity index (χ3n) is 6.95. The number of aliphatic carboxylic acids is 1. The van der Waals surface area contributed by atoms with Crippen LogP contribution in [0.3, 0.4) is 0 Å². The number of nitrogens with zero attached hydrogens (tertiary/aromatic N) is 1. The largest absolute Gasteiger partial charge is 0.480 e. The summed E-state index contributed by atoms with van der Waals surface area (Å²) in [7, 11) is 0. The van der Waals surface area contributed by atoms with Crippen LogP contribution in [-0.4, -0.2) is 65.9 Å². The average Bonchev–Trinajstić information content (AvgIpc) is 3.48.